The first-order chi connectivity index (χ1) is 13.6. The highest BCUT2D eigenvalue weighted by atomic mass is 16.3. The fraction of sp³-hybridized carbons (Fsp3) is 0.238. The molecular formula is C21H22N4O3. The minimum Gasteiger partial charge on any atom is -0.506 e. The molecule has 3 rings (SSSR count). The monoisotopic (exact) mass is 378 g/mol. The number of aromatic hydroxyl groups is 1. The van der Waals surface area contributed by atoms with Gasteiger partial charge in [0.1, 0.15) is 11.3 Å². The molecule has 0 aliphatic rings. The lowest BCUT2D eigenvalue weighted by Crippen LogP contribution is -2.31. The van der Waals surface area contributed by atoms with Crippen LogP contribution >= 0.6 is 0 Å². The molecular weight excluding hydrogens is 356 g/mol. The number of aryl methyl sites for hydroxylation is 1. The van der Waals surface area contributed by atoms with Crippen molar-refractivity contribution in [1.82, 2.24) is 15.0 Å². The van der Waals surface area contributed by atoms with Gasteiger partial charge in [-0.2, -0.15) is 5.10 Å². The summed E-state index contributed by atoms with van der Waals surface area (Å²) >= 11 is 0. The zero-order valence-corrected chi connectivity index (χ0v) is 15.6. The van der Waals surface area contributed by atoms with Gasteiger partial charge in [-0.15, -0.1) is 0 Å². The van der Waals surface area contributed by atoms with Crippen LogP contribution in [0.2, 0.25) is 0 Å². The Bertz CT molecular complexity index is 1060. The molecule has 0 unspecified atom stereocenters. The standard InChI is InChI=1S/C21H22N4O3/c1-2-3-8-13-25-17-11-5-4-10-16(17)19(26)18(21(25)28)20(27)24-23-14-15-9-6-7-12-22-15/h4-7,9-12,14,26H,2-3,8,13H2,1H3,(H,24,27)/b23-14+. The van der Waals surface area contributed by atoms with Crippen LogP contribution in [0.15, 0.2) is 58.6 Å². The van der Waals surface area contributed by atoms with Crippen molar-refractivity contribution in [3.8, 4) is 5.75 Å². The lowest BCUT2D eigenvalue weighted by Gasteiger charge is -2.14. The topological polar surface area (TPSA) is 96.6 Å². The number of aromatic nitrogens is 2. The maximum absolute atomic E-state index is 13.0. The smallest absolute Gasteiger partial charge is 0.280 e. The molecule has 144 valence electrons. The van der Waals surface area contributed by atoms with E-state index in [1.54, 1.807) is 53.2 Å². The molecule has 1 amide bonds. The van der Waals surface area contributed by atoms with Gasteiger partial charge < -0.3 is 9.67 Å². The van der Waals surface area contributed by atoms with E-state index >= 15 is 0 Å². The van der Waals surface area contributed by atoms with Crippen LogP contribution in [0.3, 0.4) is 0 Å². The van der Waals surface area contributed by atoms with Gasteiger partial charge in [-0.1, -0.05) is 38.0 Å². The average Bonchev–Trinajstić information content (AvgIpc) is 2.71. The second-order valence-electron chi connectivity index (χ2n) is 6.36. The van der Waals surface area contributed by atoms with Crippen molar-refractivity contribution in [3.63, 3.8) is 0 Å². The molecule has 0 aliphatic heterocycles. The van der Waals surface area contributed by atoms with Crippen LogP contribution in [0.5, 0.6) is 5.75 Å². The number of fused-ring (bicyclic) bond motifs is 1. The molecule has 7 nitrogen and oxygen atoms in total. The lowest BCUT2D eigenvalue weighted by atomic mass is 10.1. The molecule has 7 heteroatoms. The summed E-state index contributed by atoms with van der Waals surface area (Å²) in [5, 5.41) is 14.9. The summed E-state index contributed by atoms with van der Waals surface area (Å²) in [4.78, 5) is 29.6. The highest BCUT2D eigenvalue weighted by molar-refractivity contribution is 6.02. The van der Waals surface area contributed by atoms with E-state index in [1.165, 1.54) is 6.21 Å². The number of pyridine rings is 2. The molecule has 3 aromatic rings. The van der Waals surface area contributed by atoms with E-state index in [0.29, 0.717) is 23.1 Å². The summed E-state index contributed by atoms with van der Waals surface area (Å²) in [6.07, 6.45) is 5.77. The average molecular weight is 378 g/mol. The molecule has 28 heavy (non-hydrogen) atoms. The molecule has 0 spiro atoms. The summed E-state index contributed by atoms with van der Waals surface area (Å²) in [7, 11) is 0. The Kier molecular flexibility index (Phi) is 6.16. The molecule has 0 atom stereocenters. The molecule has 0 saturated carbocycles. The first kappa shape index (κ1) is 19.3. The van der Waals surface area contributed by atoms with Gasteiger partial charge in [0.25, 0.3) is 11.5 Å². The number of nitrogens with one attached hydrogen (secondary N) is 1. The number of rotatable bonds is 7. The van der Waals surface area contributed by atoms with E-state index in [2.05, 4.69) is 22.4 Å². The van der Waals surface area contributed by atoms with Crippen molar-refractivity contribution in [1.29, 1.82) is 0 Å². The number of unbranched alkanes of at least 4 members (excludes halogenated alkanes) is 2. The van der Waals surface area contributed by atoms with Gasteiger partial charge in [-0.05, 0) is 30.7 Å². The number of para-hydroxylation sites is 1. The molecule has 2 heterocycles. The third-order valence-corrected chi connectivity index (χ3v) is 4.41. The molecule has 0 fully saturated rings. The van der Waals surface area contributed by atoms with E-state index in [9.17, 15) is 14.7 Å². The third kappa shape index (κ3) is 4.09. The minimum absolute atomic E-state index is 0.312. The fourth-order valence-corrected chi connectivity index (χ4v) is 3.00. The maximum Gasteiger partial charge on any atom is 0.280 e. The van der Waals surface area contributed by atoms with Gasteiger partial charge in [0.2, 0.25) is 0 Å². The number of hydrogen-bond acceptors (Lipinski definition) is 5. The lowest BCUT2D eigenvalue weighted by molar-refractivity contribution is 0.0950. The summed E-state index contributed by atoms with van der Waals surface area (Å²) in [6.45, 7) is 2.56. The van der Waals surface area contributed by atoms with Gasteiger partial charge in [-0.3, -0.25) is 14.6 Å². The number of carbonyl (C=O) groups excluding carboxylic acids is 1. The zero-order valence-electron chi connectivity index (χ0n) is 15.6. The van der Waals surface area contributed by atoms with Gasteiger partial charge in [-0.25, -0.2) is 5.43 Å². The summed E-state index contributed by atoms with van der Waals surface area (Å²) in [5.74, 6) is -1.09. The SMILES string of the molecule is CCCCCn1c(=O)c(C(=O)N/N=C/c2ccccn2)c(O)c2ccccc21. The van der Waals surface area contributed by atoms with Gasteiger partial charge >= 0.3 is 0 Å². The third-order valence-electron chi connectivity index (χ3n) is 4.41. The maximum atomic E-state index is 13.0. The minimum atomic E-state index is -0.760. The number of carbonyl (C=O) groups is 1. The second-order valence-corrected chi connectivity index (χ2v) is 6.36. The molecule has 0 radical (unpaired) electrons. The van der Waals surface area contributed by atoms with Crippen LogP contribution in [0.4, 0.5) is 0 Å². The van der Waals surface area contributed by atoms with E-state index in [-0.39, 0.29) is 11.3 Å². The Morgan fingerprint density at radius 1 is 1.21 bits per heavy atom. The van der Waals surface area contributed by atoms with Crippen molar-refractivity contribution < 1.29 is 9.90 Å². The van der Waals surface area contributed by atoms with E-state index in [4.69, 9.17) is 0 Å². The number of benzene rings is 1. The van der Waals surface area contributed by atoms with Crippen molar-refractivity contribution in [2.24, 2.45) is 5.10 Å². The number of hydrogen-bond donors (Lipinski definition) is 2. The van der Waals surface area contributed by atoms with Crippen molar-refractivity contribution in [2.75, 3.05) is 0 Å². The van der Waals surface area contributed by atoms with Crippen LogP contribution in [0, 0.1) is 0 Å². The Hall–Kier alpha value is -3.48. The largest absolute Gasteiger partial charge is 0.506 e. The highest BCUT2D eigenvalue weighted by Gasteiger charge is 2.21. The van der Waals surface area contributed by atoms with Crippen molar-refractivity contribution in [3.05, 3.63) is 70.3 Å². The van der Waals surface area contributed by atoms with E-state index in [1.807, 2.05) is 0 Å². The van der Waals surface area contributed by atoms with Crippen LogP contribution in [0.25, 0.3) is 10.9 Å². The molecule has 2 aromatic heterocycles. The summed E-state index contributed by atoms with van der Waals surface area (Å²) in [6, 6.07) is 12.3. The number of nitrogens with zero attached hydrogens (tertiary/aromatic N) is 3. The molecule has 0 bridgehead atoms. The normalized spacial score (nSPS) is 11.2. The first-order valence-electron chi connectivity index (χ1n) is 9.22. The van der Waals surface area contributed by atoms with Gasteiger partial charge in [0, 0.05) is 18.1 Å². The Morgan fingerprint density at radius 3 is 2.75 bits per heavy atom. The molecule has 0 aliphatic carbocycles. The predicted molar refractivity (Wildman–Crippen MR) is 109 cm³/mol. The quantitative estimate of drug-likeness (QED) is 0.375. The Labute approximate surface area is 162 Å². The summed E-state index contributed by atoms with van der Waals surface area (Å²) in [5.41, 5.74) is 2.63. The van der Waals surface area contributed by atoms with E-state index in [0.717, 1.165) is 19.3 Å². The van der Waals surface area contributed by atoms with Crippen LogP contribution in [-0.4, -0.2) is 26.8 Å². The molecule has 1 aromatic carbocycles. The zero-order chi connectivity index (χ0) is 19.9. The Balaban J connectivity index is 1.96. The predicted octanol–water partition coefficient (Wildman–Crippen LogP) is 3.06. The molecule has 0 saturated heterocycles. The Morgan fingerprint density at radius 2 is 2.00 bits per heavy atom. The molecule has 2 N–H and O–H groups in total. The first-order valence-corrected chi connectivity index (χ1v) is 9.22. The van der Waals surface area contributed by atoms with Gasteiger partial charge in [0.15, 0.2) is 0 Å². The van der Waals surface area contributed by atoms with Crippen molar-refractivity contribution in [2.45, 2.75) is 32.7 Å². The van der Waals surface area contributed by atoms with Crippen LogP contribution in [-0.2, 0) is 6.54 Å². The van der Waals surface area contributed by atoms with Crippen LogP contribution < -0.4 is 11.0 Å². The second kappa shape index (κ2) is 8.94. The van der Waals surface area contributed by atoms with Crippen LogP contribution in [0.1, 0.15) is 42.2 Å². The number of amides is 1. The van der Waals surface area contributed by atoms with E-state index < -0.39 is 11.5 Å². The van der Waals surface area contributed by atoms with Crippen molar-refractivity contribution >= 4 is 23.0 Å². The number of hydrazone groups is 1. The summed E-state index contributed by atoms with van der Waals surface area (Å²) < 4.78 is 1.54. The fourth-order valence-electron chi connectivity index (χ4n) is 3.00. The highest BCUT2D eigenvalue weighted by Crippen LogP contribution is 2.26. The van der Waals surface area contributed by atoms with Gasteiger partial charge in [0.05, 0.1) is 17.4 Å².